The van der Waals surface area contributed by atoms with Crippen LogP contribution in [0.4, 0.5) is 5.69 Å². The predicted octanol–water partition coefficient (Wildman–Crippen LogP) is 4.58. The molecular formula is C16H16BrNO2S. The lowest BCUT2D eigenvalue weighted by atomic mass is 10.3. The summed E-state index contributed by atoms with van der Waals surface area (Å²) in [5.41, 5.74) is 0.788. The smallest absolute Gasteiger partial charge is 0.237 e. The maximum atomic E-state index is 12.2. The van der Waals surface area contributed by atoms with Crippen LogP contribution in [0.2, 0.25) is 0 Å². The van der Waals surface area contributed by atoms with Crippen molar-refractivity contribution in [1.82, 2.24) is 0 Å². The van der Waals surface area contributed by atoms with Gasteiger partial charge in [0.05, 0.1) is 12.4 Å². The first-order chi connectivity index (χ1) is 10.1. The Morgan fingerprint density at radius 2 is 1.95 bits per heavy atom. The van der Waals surface area contributed by atoms with E-state index in [4.69, 9.17) is 4.74 Å². The second-order valence-electron chi connectivity index (χ2n) is 4.44. The largest absolute Gasteiger partial charge is 0.497 e. The monoisotopic (exact) mass is 365 g/mol. The Balaban J connectivity index is 1.95. The van der Waals surface area contributed by atoms with Crippen molar-refractivity contribution in [3.63, 3.8) is 0 Å². The number of nitrogens with one attached hydrogen (secondary N) is 1. The molecule has 5 heteroatoms. The molecule has 3 nitrogen and oxygen atoms in total. The minimum Gasteiger partial charge on any atom is -0.497 e. The molecular weight excluding hydrogens is 350 g/mol. The van der Waals surface area contributed by atoms with Gasteiger partial charge in [0.25, 0.3) is 0 Å². The van der Waals surface area contributed by atoms with E-state index in [1.807, 2.05) is 55.5 Å². The van der Waals surface area contributed by atoms with Crippen LogP contribution in [-0.2, 0) is 4.79 Å². The lowest BCUT2D eigenvalue weighted by molar-refractivity contribution is -0.115. The molecule has 0 radical (unpaired) electrons. The normalized spacial score (nSPS) is 11.8. The maximum Gasteiger partial charge on any atom is 0.237 e. The molecule has 1 unspecified atom stereocenters. The Bertz CT molecular complexity index is 616. The van der Waals surface area contributed by atoms with E-state index in [-0.39, 0.29) is 11.2 Å². The number of methoxy groups -OCH3 is 1. The summed E-state index contributed by atoms with van der Waals surface area (Å²) in [6, 6.07) is 15.2. The van der Waals surface area contributed by atoms with Crippen LogP contribution >= 0.6 is 27.7 Å². The first-order valence-corrected chi connectivity index (χ1v) is 8.13. The molecule has 110 valence electrons. The van der Waals surface area contributed by atoms with Gasteiger partial charge >= 0.3 is 0 Å². The van der Waals surface area contributed by atoms with Gasteiger partial charge in [0.2, 0.25) is 5.91 Å². The Hall–Kier alpha value is -1.46. The number of halogens is 1. The van der Waals surface area contributed by atoms with Crippen molar-refractivity contribution in [3.05, 3.63) is 53.0 Å². The van der Waals surface area contributed by atoms with Gasteiger partial charge in [-0.3, -0.25) is 4.79 Å². The van der Waals surface area contributed by atoms with E-state index in [2.05, 4.69) is 21.2 Å². The van der Waals surface area contributed by atoms with Crippen LogP contribution in [0.5, 0.6) is 5.75 Å². The van der Waals surface area contributed by atoms with Gasteiger partial charge in [0.1, 0.15) is 5.75 Å². The number of carbonyl (C=O) groups is 1. The molecule has 0 saturated heterocycles. The number of ether oxygens (including phenoxy) is 1. The van der Waals surface area contributed by atoms with E-state index in [1.165, 1.54) is 11.8 Å². The van der Waals surface area contributed by atoms with Gasteiger partial charge in [0.15, 0.2) is 0 Å². The first-order valence-electron chi connectivity index (χ1n) is 6.45. The topological polar surface area (TPSA) is 38.3 Å². The predicted molar refractivity (Wildman–Crippen MR) is 91.1 cm³/mol. The SMILES string of the molecule is COc1ccc(SC(C)C(=O)Nc2cccc(Br)c2)cc1. The molecule has 0 saturated carbocycles. The number of thioether (sulfide) groups is 1. The molecule has 2 rings (SSSR count). The Labute approximate surface area is 137 Å². The van der Waals surface area contributed by atoms with Crippen LogP contribution in [0.1, 0.15) is 6.92 Å². The van der Waals surface area contributed by atoms with Crippen molar-refractivity contribution < 1.29 is 9.53 Å². The summed E-state index contributed by atoms with van der Waals surface area (Å²) >= 11 is 4.90. The molecule has 0 spiro atoms. The summed E-state index contributed by atoms with van der Waals surface area (Å²) in [6.07, 6.45) is 0. The average molecular weight is 366 g/mol. The minimum absolute atomic E-state index is 0.0195. The van der Waals surface area contributed by atoms with E-state index in [0.29, 0.717) is 0 Å². The number of hydrogen-bond acceptors (Lipinski definition) is 3. The van der Waals surface area contributed by atoms with Gasteiger partial charge in [-0.2, -0.15) is 0 Å². The highest BCUT2D eigenvalue weighted by atomic mass is 79.9. The van der Waals surface area contributed by atoms with E-state index >= 15 is 0 Å². The molecule has 2 aromatic carbocycles. The first kappa shape index (κ1) is 15.9. The molecule has 1 atom stereocenters. The molecule has 1 N–H and O–H groups in total. The molecule has 0 aliphatic rings. The summed E-state index contributed by atoms with van der Waals surface area (Å²) < 4.78 is 6.06. The molecule has 0 bridgehead atoms. The molecule has 0 heterocycles. The van der Waals surface area contributed by atoms with Crippen molar-refractivity contribution in [1.29, 1.82) is 0 Å². The van der Waals surface area contributed by atoms with Crippen molar-refractivity contribution in [2.75, 3.05) is 12.4 Å². The molecule has 0 aliphatic heterocycles. The van der Waals surface area contributed by atoms with Crippen molar-refractivity contribution in [2.24, 2.45) is 0 Å². The Morgan fingerprint density at radius 3 is 2.57 bits per heavy atom. The lowest BCUT2D eigenvalue weighted by Gasteiger charge is -2.12. The van der Waals surface area contributed by atoms with Crippen LogP contribution in [0.3, 0.4) is 0 Å². The van der Waals surface area contributed by atoms with Crippen molar-refractivity contribution >= 4 is 39.3 Å². The standard InChI is InChI=1S/C16H16BrNO2S/c1-11(21-15-8-6-14(20-2)7-9-15)16(19)18-13-5-3-4-12(17)10-13/h3-11H,1-2H3,(H,18,19). The van der Waals surface area contributed by atoms with Crippen LogP contribution < -0.4 is 10.1 Å². The summed E-state index contributed by atoms with van der Waals surface area (Å²) in [7, 11) is 1.64. The van der Waals surface area contributed by atoms with Crippen LogP contribution in [0, 0.1) is 0 Å². The van der Waals surface area contributed by atoms with Gasteiger partial charge in [-0.1, -0.05) is 22.0 Å². The van der Waals surface area contributed by atoms with E-state index < -0.39 is 0 Å². The van der Waals surface area contributed by atoms with Crippen molar-refractivity contribution in [2.45, 2.75) is 17.1 Å². The quantitative estimate of drug-likeness (QED) is 0.788. The van der Waals surface area contributed by atoms with Crippen molar-refractivity contribution in [3.8, 4) is 5.75 Å². The number of benzene rings is 2. The van der Waals surface area contributed by atoms with Gasteiger partial charge < -0.3 is 10.1 Å². The van der Waals surface area contributed by atoms with Crippen LogP contribution in [0.15, 0.2) is 57.9 Å². The second-order valence-corrected chi connectivity index (χ2v) is 6.77. The fraction of sp³-hybridized carbons (Fsp3) is 0.188. The number of anilines is 1. The summed E-state index contributed by atoms with van der Waals surface area (Å²) in [6.45, 7) is 1.89. The number of amides is 1. The molecule has 0 fully saturated rings. The molecule has 0 aliphatic carbocycles. The Morgan fingerprint density at radius 1 is 1.24 bits per heavy atom. The van der Waals surface area contributed by atoms with E-state index in [9.17, 15) is 4.79 Å². The highest BCUT2D eigenvalue weighted by Gasteiger charge is 2.14. The van der Waals surface area contributed by atoms with Gasteiger partial charge in [-0.25, -0.2) is 0 Å². The number of hydrogen-bond donors (Lipinski definition) is 1. The van der Waals surface area contributed by atoms with Gasteiger partial charge in [0, 0.05) is 15.1 Å². The summed E-state index contributed by atoms with van der Waals surface area (Å²) in [5, 5.41) is 2.73. The highest BCUT2D eigenvalue weighted by molar-refractivity contribution is 9.10. The number of rotatable bonds is 5. The van der Waals surface area contributed by atoms with Crippen LogP contribution in [-0.4, -0.2) is 18.3 Å². The molecule has 2 aromatic rings. The zero-order valence-electron chi connectivity index (χ0n) is 11.8. The molecule has 1 amide bonds. The zero-order valence-corrected chi connectivity index (χ0v) is 14.2. The van der Waals surface area contributed by atoms with E-state index in [1.54, 1.807) is 7.11 Å². The molecule has 21 heavy (non-hydrogen) atoms. The summed E-state index contributed by atoms with van der Waals surface area (Å²) in [4.78, 5) is 13.2. The second kappa shape index (κ2) is 7.52. The summed E-state index contributed by atoms with van der Waals surface area (Å²) in [5.74, 6) is 0.791. The fourth-order valence-electron chi connectivity index (χ4n) is 1.72. The van der Waals surface area contributed by atoms with E-state index in [0.717, 1.165) is 20.8 Å². The fourth-order valence-corrected chi connectivity index (χ4v) is 2.99. The third-order valence-corrected chi connectivity index (χ3v) is 4.44. The minimum atomic E-state index is -0.183. The van der Waals surface area contributed by atoms with Gasteiger partial charge in [-0.15, -0.1) is 11.8 Å². The maximum absolute atomic E-state index is 12.2. The highest BCUT2D eigenvalue weighted by Crippen LogP contribution is 2.26. The average Bonchev–Trinajstić information content (AvgIpc) is 2.48. The zero-order chi connectivity index (χ0) is 15.2. The van der Waals surface area contributed by atoms with Gasteiger partial charge in [-0.05, 0) is 49.4 Å². The Kier molecular flexibility index (Phi) is 5.70. The lowest BCUT2D eigenvalue weighted by Crippen LogP contribution is -2.22. The third-order valence-electron chi connectivity index (χ3n) is 2.83. The number of carbonyl (C=O) groups excluding carboxylic acids is 1. The third kappa shape index (κ3) is 4.79. The molecule has 0 aromatic heterocycles. The van der Waals surface area contributed by atoms with Crippen LogP contribution in [0.25, 0.3) is 0 Å².